The number of rotatable bonds is 9. The summed E-state index contributed by atoms with van der Waals surface area (Å²) >= 11 is 0. The molecule has 0 aromatic heterocycles. The fraction of sp³-hybridized carbons (Fsp3) is 0.789. The van der Waals surface area contributed by atoms with Crippen molar-refractivity contribution in [2.45, 2.75) is 147 Å². The minimum Gasteiger partial charge on any atom is -0.463 e. The number of hydrogen-bond donors (Lipinski definition) is 0. The van der Waals surface area contributed by atoms with Gasteiger partial charge in [-0.2, -0.15) is 5.26 Å². The third kappa shape index (κ3) is 6.60. The molecular formula is C38H59NO4. The van der Waals surface area contributed by atoms with Gasteiger partial charge in [0.25, 0.3) is 0 Å². The van der Waals surface area contributed by atoms with Gasteiger partial charge in [0.1, 0.15) is 6.07 Å². The van der Waals surface area contributed by atoms with Crippen molar-refractivity contribution in [3.05, 3.63) is 23.3 Å². The van der Waals surface area contributed by atoms with E-state index in [1.807, 2.05) is 39.8 Å². The van der Waals surface area contributed by atoms with Crippen LogP contribution in [0.4, 0.5) is 0 Å². The van der Waals surface area contributed by atoms with E-state index in [0.29, 0.717) is 17.8 Å². The molecule has 0 aliphatic heterocycles. The lowest BCUT2D eigenvalue weighted by atomic mass is 9.42. The first-order chi connectivity index (χ1) is 19.6. The summed E-state index contributed by atoms with van der Waals surface area (Å²) in [5.74, 6) is 0.306. The maximum atomic E-state index is 13.3. The molecule has 5 heteroatoms. The highest BCUT2D eigenvalue weighted by molar-refractivity contribution is 6.04. The van der Waals surface area contributed by atoms with Gasteiger partial charge in [-0.25, -0.2) is 0 Å². The van der Waals surface area contributed by atoms with Crippen molar-refractivity contribution in [1.29, 1.82) is 5.26 Å². The summed E-state index contributed by atoms with van der Waals surface area (Å²) < 4.78 is 5.54. The van der Waals surface area contributed by atoms with Gasteiger partial charge in [-0.1, -0.05) is 74.0 Å². The number of Topliss-reactive ketones (excluding diaryl/α,β-unsaturated/α-hetero) is 1. The zero-order chi connectivity index (χ0) is 32.8. The van der Waals surface area contributed by atoms with Gasteiger partial charge in [0.2, 0.25) is 0 Å². The van der Waals surface area contributed by atoms with Crippen LogP contribution in [0.15, 0.2) is 23.3 Å². The number of allylic oxidation sites excluding steroid dienone is 4. The lowest BCUT2D eigenvalue weighted by molar-refractivity contribution is -0.148. The Bertz CT molecular complexity index is 1230. The molecule has 240 valence electrons. The molecule has 5 nitrogen and oxygen atoms in total. The van der Waals surface area contributed by atoms with E-state index in [9.17, 15) is 19.6 Å². The smallest absolute Gasteiger partial charge is 0.306 e. The normalized spacial score (nSPS) is 34.7. The van der Waals surface area contributed by atoms with Crippen LogP contribution in [0.1, 0.15) is 141 Å². The highest BCUT2D eigenvalue weighted by atomic mass is 16.5. The number of ether oxygens (including phenoxy) is 1. The molecule has 0 spiro atoms. The lowest BCUT2D eigenvalue weighted by Crippen LogP contribution is -2.56. The molecule has 0 radical (unpaired) electrons. The summed E-state index contributed by atoms with van der Waals surface area (Å²) in [4.78, 5) is 38.8. The first-order valence-corrected chi connectivity index (χ1v) is 16.7. The Kier molecular flexibility index (Phi) is 9.79. The van der Waals surface area contributed by atoms with Crippen molar-refractivity contribution in [3.8, 4) is 6.07 Å². The predicted octanol–water partition coefficient (Wildman–Crippen LogP) is 9.35. The fourth-order valence-electron chi connectivity index (χ4n) is 9.47. The third-order valence-corrected chi connectivity index (χ3v) is 12.6. The fourth-order valence-corrected chi connectivity index (χ4v) is 9.47. The molecule has 1 unspecified atom stereocenters. The van der Waals surface area contributed by atoms with Crippen LogP contribution in [-0.2, 0) is 19.1 Å². The molecule has 0 bridgehead atoms. The van der Waals surface area contributed by atoms with E-state index < -0.39 is 10.8 Å². The van der Waals surface area contributed by atoms with Crippen LogP contribution in [0.3, 0.4) is 0 Å². The number of hydrogen-bond acceptors (Lipinski definition) is 5. The van der Waals surface area contributed by atoms with Gasteiger partial charge in [0, 0.05) is 17.3 Å². The van der Waals surface area contributed by atoms with Crippen molar-refractivity contribution in [2.75, 3.05) is 0 Å². The van der Waals surface area contributed by atoms with Crippen LogP contribution in [0.2, 0.25) is 0 Å². The molecule has 0 saturated heterocycles. The van der Waals surface area contributed by atoms with E-state index in [0.717, 1.165) is 56.9 Å². The molecule has 43 heavy (non-hydrogen) atoms. The van der Waals surface area contributed by atoms with E-state index >= 15 is 0 Å². The summed E-state index contributed by atoms with van der Waals surface area (Å²) in [6.45, 7) is 25.6. The molecule has 2 saturated carbocycles. The van der Waals surface area contributed by atoms with Crippen LogP contribution in [0.5, 0.6) is 0 Å². The number of fused-ring (bicyclic) bond motifs is 1. The average molecular weight is 594 g/mol. The van der Waals surface area contributed by atoms with Crippen LogP contribution in [0.25, 0.3) is 0 Å². The van der Waals surface area contributed by atoms with Crippen molar-refractivity contribution in [2.24, 2.45) is 44.3 Å². The monoisotopic (exact) mass is 593 g/mol. The minimum absolute atomic E-state index is 0.00350. The van der Waals surface area contributed by atoms with Gasteiger partial charge in [0.15, 0.2) is 11.6 Å². The standard InChI is InChI=1S/C38H59NO4/c1-25(2)43-31(41)14-16-38(19-17-33(5,6)22-26(38)3)20-18-34(7,8)37(12)15-13-29-35(9,10)32(42)28(24-39)23-36(29,11)30(37)21-27(4)40/h21,23,25-26,29H,13-20,22H2,1-12H3/b30-21-/t26?,29-,36-,37+,38+/m0/s1. The topological polar surface area (TPSA) is 84.2 Å². The average Bonchev–Trinajstić information content (AvgIpc) is 2.87. The maximum Gasteiger partial charge on any atom is 0.306 e. The first-order valence-electron chi connectivity index (χ1n) is 16.7. The van der Waals surface area contributed by atoms with Crippen molar-refractivity contribution >= 4 is 17.5 Å². The zero-order valence-electron chi connectivity index (χ0n) is 29.3. The molecule has 0 heterocycles. The summed E-state index contributed by atoms with van der Waals surface area (Å²) in [5, 5.41) is 9.95. The molecule has 0 N–H and O–H groups in total. The van der Waals surface area contributed by atoms with Gasteiger partial charge in [-0.05, 0) is 112 Å². The van der Waals surface area contributed by atoms with E-state index in [2.05, 4.69) is 54.5 Å². The first kappa shape index (κ1) is 35.3. The second-order valence-electron chi connectivity index (χ2n) is 17.1. The van der Waals surface area contributed by atoms with Gasteiger partial charge in [0.05, 0.1) is 11.7 Å². The second kappa shape index (κ2) is 11.9. The van der Waals surface area contributed by atoms with Gasteiger partial charge in [-0.15, -0.1) is 0 Å². The largest absolute Gasteiger partial charge is 0.463 e. The summed E-state index contributed by atoms with van der Waals surface area (Å²) in [6.07, 6.45) is 12.0. The van der Waals surface area contributed by atoms with Crippen molar-refractivity contribution < 1.29 is 19.1 Å². The molecule has 3 rings (SSSR count). The zero-order valence-corrected chi connectivity index (χ0v) is 29.3. The van der Waals surface area contributed by atoms with Crippen LogP contribution < -0.4 is 0 Å². The number of esters is 1. The SMILES string of the molecule is CC(=O)/C=C1/[C@@]2(C)C=C(C#N)C(=O)C(C)(C)[C@@H]2CC[C@@]1(C)C(C)(C)CC[C@@]1(CCC(=O)OC(C)C)CCC(C)(C)CC1C. The summed E-state index contributed by atoms with van der Waals surface area (Å²) in [6, 6.07) is 2.19. The molecule has 3 aliphatic rings. The molecular weight excluding hydrogens is 534 g/mol. The number of nitriles is 1. The van der Waals surface area contributed by atoms with E-state index in [1.54, 1.807) is 6.92 Å². The molecule has 3 aliphatic carbocycles. The number of nitrogens with zero attached hydrogens (tertiary/aromatic N) is 1. The van der Waals surface area contributed by atoms with Crippen LogP contribution >= 0.6 is 0 Å². The Labute approximate surface area is 262 Å². The van der Waals surface area contributed by atoms with Crippen molar-refractivity contribution in [1.82, 2.24) is 0 Å². The molecule has 2 fully saturated rings. The molecule has 0 aromatic rings. The van der Waals surface area contributed by atoms with E-state index in [1.165, 1.54) is 0 Å². The summed E-state index contributed by atoms with van der Waals surface area (Å²) in [7, 11) is 0. The van der Waals surface area contributed by atoms with E-state index in [-0.39, 0.29) is 51.4 Å². The minimum atomic E-state index is -0.686. The predicted molar refractivity (Wildman–Crippen MR) is 173 cm³/mol. The van der Waals surface area contributed by atoms with Gasteiger partial charge >= 0.3 is 5.97 Å². The Morgan fingerprint density at radius 3 is 2.26 bits per heavy atom. The van der Waals surface area contributed by atoms with Crippen molar-refractivity contribution in [3.63, 3.8) is 0 Å². The lowest BCUT2D eigenvalue weighted by Gasteiger charge is -2.61. The number of ketones is 2. The Balaban J connectivity index is 2.02. The maximum absolute atomic E-state index is 13.3. The molecule has 0 aromatic carbocycles. The van der Waals surface area contributed by atoms with E-state index in [4.69, 9.17) is 4.74 Å². The highest BCUT2D eigenvalue weighted by Crippen LogP contribution is 2.67. The van der Waals surface area contributed by atoms with Gasteiger partial charge in [-0.3, -0.25) is 14.4 Å². The number of carbonyl (C=O) groups excluding carboxylic acids is 3. The molecule has 0 amide bonds. The Morgan fingerprint density at radius 2 is 1.72 bits per heavy atom. The Hall–Kier alpha value is -2.22. The highest BCUT2D eigenvalue weighted by Gasteiger charge is 2.61. The third-order valence-electron chi connectivity index (χ3n) is 12.6. The number of carbonyl (C=O) groups is 3. The van der Waals surface area contributed by atoms with Gasteiger partial charge < -0.3 is 4.74 Å². The van der Waals surface area contributed by atoms with Crippen LogP contribution in [0, 0.1) is 55.7 Å². The summed E-state index contributed by atoms with van der Waals surface area (Å²) in [5.41, 5.74) is -0.117. The van der Waals surface area contributed by atoms with Crippen LogP contribution in [-0.4, -0.2) is 23.6 Å². The Morgan fingerprint density at radius 1 is 1.09 bits per heavy atom. The molecule has 5 atom stereocenters. The quantitative estimate of drug-likeness (QED) is 0.196. The second-order valence-corrected chi connectivity index (χ2v) is 17.1.